The van der Waals surface area contributed by atoms with Gasteiger partial charge in [-0.05, 0) is 32.3 Å². The van der Waals surface area contributed by atoms with Crippen LogP contribution in [0.5, 0.6) is 0 Å². The largest absolute Gasteiger partial charge is 0.353 e. The van der Waals surface area contributed by atoms with Crippen molar-refractivity contribution >= 4 is 17.7 Å². The minimum atomic E-state index is -0.0220. The lowest BCUT2D eigenvalue weighted by Crippen LogP contribution is -2.34. The molecular weight excluding hydrogens is 298 g/mol. The van der Waals surface area contributed by atoms with Crippen LogP contribution in [0.2, 0.25) is 0 Å². The number of nitrogens with zero attached hydrogens (tertiary/aromatic N) is 3. The summed E-state index contributed by atoms with van der Waals surface area (Å²) in [5.41, 5.74) is 1.28. The van der Waals surface area contributed by atoms with Gasteiger partial charge in [-0.1, -0.05) is 42.1 Å². The maximum Gasteiger partial charge on any atom is 0.230 e. The number of rotatable bonds is 7. The lowest BCUT2D eigenvalue weighted by atomic mass is 10.1. The summed E-state index contributed by atoms with van der Waals surface area (Å²) in [5.74, 6) is 6.63. The molecule has 3 N–H and O–H groups in total. The van der Waals surface area contributed by atoms with Crippen molar-refractivity contribution in [2.24, 2.45) is 0 Å². The van der Waals surface area contributed by atoms with Gasteiger partial charge >= 0.3 is 0 Å². The van der Waals surface area contributed by atoms with Crippen molar-refractivity contribution in [3.05, 3.63) is 41.7 Å². The number of hydrogen-bond donors (Lipinski definition) is 2. The number of nitrogens with one attached hydrogen (secondary N) is 1. The van der Waals surface area contributed by atoms with E-state index in [9.17, 15) is 4.79 Å². The number of nitrogens with two attached hydrogens (primary N) is 1. The van der Waals surface area contributed by atoms with E-state index in [0.29, 0.717) is 11.0 Å². The predicted molar refractivity (Wildman–Crippen MR) is 88.0 cm³/mol. The van der Waals surface area contributed by atoms with Crippen molar-refractivity contribution in [1.82, 2.24) is 20.2 Å². The molecule has 0 aliphatic rings. The molecule has 0 spiro atoms. The van der Waals surface area contributed by atoms with E-state index in [1.54, 1.807) is 6.92 Å². The first-order valence-electron chi connectivity index (χ1n) is 7.19. The van der Waals surface area contributed by atoms with E-state index in [4.69, 9.17) is 5.84 Å². The Morgan fingerprint density at radius 1 is 1.36 bits per heavy atom. The second kappa shape index (κ2) is 7.84. The van der Waals surface area contributed by atoms with Crippen LogP contribution < -0.4 is 11.2 Å². The Morgan fingerprint density at radius 2 is 2.09 bits per heavy atom. The molecule has 6 nitrogen and oxygen atoms in total. The van der Waals surface area contributed by atoms with Crippen molar-refractivity contribution in [2.75, 3.05) is 11.6 Å². The SMILES string of the molecule is Cc1nnc(SCC(=O)N[C@H](C)CCc2ccccc2)n1N. The van der Waals surface area contributed by atoms with Crippen LogP contribution in [0.1, 0.15) is 24.7 Å². The lowest BCUT2D eigenvalue weighted by molar-refractivity contribution is -0.119. The Hall–Kier alpha value is -2.02. The second-order valence-corrected chi connectivity index (χ2v) is 6.12. The Balaban J connectivity index is 1.71. The normalized spacial score (nSPS) is 12.1. The molecule has 0 radical (unpaired) electrons. The standard InChI is InChI=1S/C15H21N5OS/c1-11(8-9-13-6-4-3-5-7-13)17-14(21)10-22-15-19-18-12(2)20(15)16/h3-7,11H,8-10,16H2,1-2H3,(H,17,21)/t11-/m1/s1. The van der Waals surface area contributed by atoms with Crippen LogP contribution in [0, 0.1) is 6.92 Å². The molecule has 0 saturated heterocycles. The van der Waals surface area contributed by atoms with Crippen LogP contribution in [0.15, 0.2) is 35.5 Å². The van der Waals surface area contributed by atoms with Crippen LogP contribution in [-0.4, -0.2) is 32.6 Å². The van der Waals surface area contributed by atoms with Crippen molar-refractivity contribution in [2.45, 2.75) is 37.9 Å². The van der Waals surface area contributed by atoms with Crippen molar-refractivity contribution < 1.29 is 4.79 Å². The van der Waals surface area contributed by atoms with Gasteiger partial charge in [0, 0.05) is 6.04 Å². The Bertz CT molecular complexity index is 614. The van der Waals surface area contributed by atoms with Crippen molar-refractivity contribution in [3.63, 3.8) is 0 Å². The summed E-state index contributed by atoms with van der Waals surface area (Å²) in [4.78, 5) is 11.9. The maximum absolute atomic E-state index is 11.9. The van der Waals surface area contributed by atoms with Gasteiger partial charge in [0.15, 0.2) is 0 Å². The summed E-state index contributed by atoms with van der Waals surface area (Å²) in [6, 6.07) is 10.4. The molecule has 0 aliphatic carbocycles. The summed E-state index contributed by atoms with van der Waals surface area (Å²) in [6.45, 7) is 3.78. The zero-order valence-corrected chi connectivity index (χ0v) is 13.6. The van der Waals surface area contributed by atoms with E-state index < -0.39 is 0 Å². The monoisotopic (exact) mass is 319 g/mol. The third-order valence-corrected chi connectivity index (χ3v) is 4.23. The van der Waals surface area contributed by atoms with Crippen LogP contribution >= 0.6 is 11.8 Å². The zero-order valence-electron chi connectivity index (χ0n) is 12.8. The highest BCUT2D eigenvalue weighted by Gasteiger charge is 2.11. The average molecular weight is 319 g/mol. The Kier molecular flexibility index (Phi) is 5.83. The second-order valence-electron chi connectivity index (χ2n) is 5.18. The molecular formula is C15H21N5OS. The van der Waals surface area contributed by atoms with Gasteiger partial charge in [0.2, 0.25) is 11.1 Å². The van der Waals surface area contributed by atoms with Gasteiger partial charge in [0.25, 0.3) is 0 Å². The smallest absolute Gasteiger partial charge is 0.230 e. The molecule has 1 aromatic carbocycles. The molecule has 7 heteroatoms. The highest BCUT2D eigenvalue weighted by molar-refractivity contribution is 7.99. The summed E-state index contributed by atoms with van der Waals surface area (Å²) < 4.78 is 1.39. The minimum Gasteiger partial charge on any atom is -0.353 e. The maximum atomic E-state index is 11.9. The first-order chi connectivity index (χ1) is 10.6. The topological polar surface area (TPSA) is 85.8 Å². The zero-order chi connectivity index (χ0) is 15.9. The molecule has 0 bridgehead atoms. The molecule has 0 aliphatic heterocycles. The number of thioether (sulfide) groups is 1. The van der Waals surface area contributed by atoms with Gasteiger partial charge in [-0.2, -0.15) is 0 Å². The first-order valence-corrected chi connectivity index (χ1v) is 8.18. The molecule has 2 aromatic rings. The number of nitrogen functional groups attached to an aromatic ring is 1. The molecule has 0 saturated carbocycles. The van der Waals surface area contributed by atoms with Crippen LogP contribution in [0.3, 0.4) is 0 Å². The molecule has 1 atom stereocenters. The highest BCUT2D eigenvalue weighted by atomic mass is 32.2. The van der Waals surface area contributed by atoms with E-state index in [2.05, 4.69) is 27.6 Å². The fourth-order valence-electron chi connectivity index (χ4n) is 1.99. The van der Waals surface area contributed by atoms with Gasteiger partial charge in [-0.15, -0.1) is 10.2 Å². The predicted octanol–water partition coefficient (Wildman–Crippen LogP) is 1.53. The number of benzene rings is 1. The summed E-state index contributed by atoms with van der Waals surface area (Å²) >= 11 is 1.28. The third-order valence-electron chi connectivity index (χ3n) is 3.28. The third kappa shape index (κ3) is 4.77. The van der Waals surface area contributed by atoms with E-state index in [1.165, 1.54) is 22.0 Å². The number of aromatic nitrogens is 3. The molecule has 1 heterocycles. The highest BCUT2D eigenvalue weighted by Crippen LogP contribution is 2.13. The number of carbonyl (C=O) groups excluding carboxylic acids is 1. The molecule has 2 rings (SSSR count). The summed E-state index contributed by atoms with van der Waals surface area (Å²) in [5, 5.41) is 11.3. The number of amides is 1. The quantitative estimate of drug-likeness (QED) is 0.597. The molecule has 1 amide bonds. The van der Waals surface area contributed by atoms with E-state index in [-0.39, 0.29) is 17.7 Å². The molecule has 0 unspecified atom stereocenters. The van der Waals surface area contributed by atoms with Crippen molar-refractivity contribution in [3.8, 4) is 0 Å². The van der Waals surface area contributed by atoms with Gasteiger partial charge in [-0.3, -0.25) is 4.79 Å². The minimum absolute atomic E-state index is 0.0220. The van der Waals surface area contributed by atoms with Crippen LogP contribution in [0.4, 0.5) is 0 Å². The number of carbonyl (C=O) groups is 1. The molecule has 0 fully saturated rings. The summed E-state index contributed by atoms with van der Waals surface area (Å²) in [6.07, 6.45) is 1.86. The van der Waals surface area contributed by atoms with Crippen LogP contribution in [0.25, 0.3) is 0 Å². The Labute approximate surface area is 134 Å². The van der Waals surface area contributed by atoms with E-state index >= 15 is 0 Å². The number of hydrogen-bond acceptors (Lipinski definition) is 5. The van der Waals surface area contributed by atoms with Gasteiger partial charge in [0.1, 0.15) is 5.82 Å². The lowest BCUT2D eigenvalue weighted by Gasteiger charge is -2.13. The van der Waals surface area contributed by atoms with Gasteiger partial charge in [0.05, 0.1) is 5.75 Å². The molecule has 22 heavy (non-hydrogen) atoms. The molecule has 118 valence electrons. The van der Waals surface area contributed by atoms with E-state index in [1.807, 2.05) is 25.1 Å². The van der Waals surface area contributed by atoms with E-state index in [0.717, 1.165) is 12.8 Å². The fourth-order valence-corrected chi connectivity index (χ4v) is 2.71. The first kappa shape index (κ1) is 16.4. The van der Waals surface area contributed by atoms with Crippen LogP contribution in [-0.2, 0) is 11.2 Å². The summed E-state index contributed by atoms with van der Waals surface area (Å²) in [7, 11) is 0. The van der Waals surface area contributed by atoms with Gasteiger partial charge in [-0.25, -0.2) is 4.68 Å². The average Bonchev–Trinajstić information content (AvgIpc) is 2.84. The number of aryl methyl sites for hydroxylation is 2. The Morgan fingerprint density at radius 3 is 2.73 bits per heavy atom. The van der Waals surface area contributed by atoms with Crippen molar-refractivity contribution in [1.29, 1.82) is 0 Å². The fraction of sp³-hybridized carbons (Fsp3) is 0.400. The van der Waals surface area contributed by atoms with Gasteiger partial charge < -0.3 is 11.2 Å². The molecule has 1 aromatic heterocycles.